The van der Waals surface area contributed by atoms with Crippen LogP contribution in [0.3, 0.4) is 0 Å². The topological polar surface area (TPSA) is 64.1 Å². The lowest BCUT2D eigenvalue weighted by Gasteiger charge is -2.06. The number of esters is 1. The van der Waals surface area contributed by atoms with Crippen LogP contribution in [0.4, 0.5) is 5.95 Å². The van der Waals surface area contributed by atoms with Gasteiger partial charge in [0.05, 0.1) is 13.5 Å². The van der Waals surface area contributed by atoms with Crippen LogP contribution in [-0.2, 0) is 16.0 Å². The van der Waals surface area contributed by atoms with Gasteiger partial charge in [-0.05, 0) is 17.9 Å². The highest BCUT2D eigenvalue weighted by atomic mass is 16.5. The Bertz CT molecular complexity index is 349. The second kappa shape index (κ2) is 6.83. The fourth-order valence-electron chi connectivity index (χ4n) is 1.40. The first-order valence-corrected chi connectivity index (χ1v) is 5.73. The highest BCUT2D eigenvalue weighted by Crippen LogP contribution is 2.06. The fraction of sp³-hybridized carbons (Fsp3) is 0.583. The summed E-state index contributed by atoms with van der Waals surface area (Å²) in [6.45, 7) is 4.79. The van der Waals surface area contributed by atoms with Crippen LogP contribution in [0.25, 0.3) is 0 Å². The van der Waals surface area contributed by atoms with Crippen LogP contribution in [0.2, 0.25) is 0 Å². The summed E-state index contributed by atoms with van der Waals surface area (Å²) in [7, 11) is 1.37. The van der Waals surface area contributed by atoms with Gasteiger partial charge in [0.25, 0.3) is 0 Å². The number of hydrogen-bond acceptors (Lipinski definition) is 5. The maximum Gasteiger partial charge on any atom is 0.307 e. The average Bonchev–Trinajstić information content (AvgIpc) is 2.30. The zero-order chi connectivity index (χ0) is 12.7. The van der Waals surface area contributed by atoms with E-state index >= 15 is 0 Å². The monoisotopic (exact) mass is 237 g/mol. The number of rotatable bonds is 6. The molecule has 1 N–H and O–H groups in total. The third-order valence-corrected chi connectivity index (χ3v) is 2.19. The van der Waals surface area contributed by atoms with E-state index in [1.54, 1.807) is 0 Å². The lowest BCUT2D eigenvalue weighted by atomic mass is 10.1. The Labute approximate surface area is 102 Å². The van der Waals surface area contributed by atoms with Gasteiger partial charge in [0.15, 0.2) is 0 Å². The number of methoxy groups -OCH3 is 1. The molecule has 0 bridgehead atoms. The van der Waals surface area contributed by atoms with Gasteiger partial charge in [-0.15, -0.1) is 0 Å². The summed E-state index contributed by atoms with van der Waals surface area (Å²) < 4.78 is 4.53. The molecule has 0 saturated heterocycles. The minimum atomic E-state index is -0.242. The van der Waals surface area contributed by atoms with E-state index in [1.165, 1.54) is 7.11 Å². The SMILES string of the molecule is COC(=O)CCNc1ncc(CC(C)C)cn1. The minimum Gasteiger partial charge on any atom is -0.469 e. The molecule has 5 heteroatoms. The van der Waals surface area contributed by atoms with Crippen molar-refractivity contribution in [3.63, 3.8) is 0 Å². The Kier molecular flexibility index (Phi) is 5.39. The molecule has 1 aromatic rings. The van der Waals surface area contributed by atoms with Gasteiger partial charge in [-0.3, -0.25) is 4.79 Å². The van der Waals surface area contributed by atoms with E-state index in [0.717, 1.165) is 12.0 Å². The standard InChI is InChI=1S/C12H19N3O2/c1-9(2)6-10-7-14-12(15-8-10)13-5-4-11(16)17-3/h7-9H,4-6H2,1-3H3,(H,13,14,15). The first-order valence-electron chi connectivity index (χ1n) is 5.73. The molecule has 0 radical (unpaired) electrons. The number of carbonyl (C=O) groups is 1. The zero-order valence-electron chi connectivity index (χ0n) is 10.6. The largest absolute Gasteiger partial charge is 0.469 e. The second-order valence-corrected chi connectivity index (χ2v) is 4.27. The molecule has 1 rings (SSSR count). The van der Waals surface area contributed by atoms with Crippen LogP contribution in [0.1, 0.15) is 25.8 Å². The molecule has 0 amide bonds. The molecule has 5 nitrogen and oxygen atoms in total. The summed E-state index contributed by atoms with van der Waals surface area (Å²) in [5, 5.41) is 2.97. The quantitative estimate of drug-likeness (QED) is 0.762. The van der Waals surface area contributed by atoms with Gasteiger partial charge in [0.1, 0.15) is 0 Å². The summed E-state index contributed by atoms with van der Waals surface area (Å²) in [5.41, 5.74) is 1.12. The molecule has 0 unspecified atom stereocenters. The van der Waals surface area contributed by atoms with E-state index in [0.29, 0.717) is 24.8 Å². The van der Waals surface area contributed by atoms with E-state index in [9.17, 15) is 4.79 Å². The number of anilines is 1. The number of nitrogens with zero attached hydrogens (tertiary/aromatic N) is 2. The van der Waals surface area contributed by atoms with Crippen molar-refractivity contribution in [3.05, 3.63) is 18.0 Å². The number of nitrogens with one attached hydrogen (secondary N) is 1. The molecule has 0 fully saturated rings. The third kappa shape index (κ3) is 5.29. The highest BCUT2D eigenvalue weighted by molar-refractivity contribution is 5.69. The number of carbonyl (C=O) groups excluding carboxylic acids is 1. The van der Waals surface area contributed by atoms with Crippen LogP contribution < -0.4 is 5.32 Å². The molecular weight excluding hydrogens is 218 g/mol. The summed E-state index contributed by atoms with van der Waals surface area (Å²) in [6.07, 6.45) is 4.91. The lowest BCUT2D eigenvalue weighted by Crippen LogP contribution is -2.11. The molecule has 94 valence electrons. The highest BCUT2D eigenvalue weighted by Gasteiger charge is 2.02. The summed E-state index contributed by atoms with van der Waals surface area (Å²) in [6, 6.07) is 0. The van der Waals surface area contributed by atoms with Crippen LogP contribution >= 0.6 is 0 Å². The second-order valence-electron chi connectivity index (χ2n) is 4.27. The van der Waals surface area contributed by atoms with Crippen molar-refractivity contribution in [2.45, 2.75) is 26.7 Å². The molecule has 17 heavy (non-hydrogen) atoms. The van der Waals surface area contributed by atoms with Gasteiger partial charge >= 0.3 is 5.97 Å². The van der Waals surface area contributed by atoms with E-state index in [4.69, 9.17) is 0 Å². The smallest absolute Gasteiger partial charge is 0.307 e. The predicted molar refractivity (Wildman–Crippen MR) is 65.7 cm³/mol. The van der Waals surface area contributed by atoms with Gasteiger partial charge in [0.2, 0.25) is 5.95 Å². The Hall–Kier alpha value is -1.65. The molecule has 1 aromatic heterocycles. The van der Waals surface area contributed by atoms with E-state index in [-0.39, 0.29) is 5.97 Å². The van der Waals surface area contributed by atoms with E-state index in [2.05, 4.69) is 33.9 Å². The summed E-state index contributed by atoms with van der Waals surface area (Å²) >= 11 is 0. The van der Waals surface area contributed by atoms with E-state index in [1.807, 2.05) is 12.4 Å². The van der Waals surface area contributed by atoms with Crippen molar-refractivity contribution >= 4 is 11.9 Å². The first kappa shape index (κ1) is 13.4. The van der Waals surface area contributed by atoms with Crippen molar-refractivity contribution in [3.8, 4) is 0 Å². The maximum atomic E-state index is 10.9. The van der Waals surface area contributed by atoms with Gasteiger partial charge in [-0.2, -0.15) is 0 Å². The molecule has 0 aliphatic carbocycles. The fourth-order valence-corrected chi connectivity index (χ4v) is 1.40. The first-order chi connectivity index (χ1) is 8.11. The molecular formula is C12H19N3O2. The Balaban J connectivity index is 2.37. The summed E-state index contributed by atoms with van der Waals surface area (Å²) in [5.74, 6) is 0.895. The number of aromatic nitrogens is 2. The normalized spacial score (nSPS) is 10.4. The lowest BCUT2D eigenvalue weighted by molar-refractivity contribution is -0.140. The predicted octanol–water partition coefficient (Wildman–Crippen LogP) is 1.65. The Morgan fingerprint density at radius 2 is 2.06 bits per heavy atom. The Morgan fingerprint density at radius 1 is 1.41 bits per heavy atom. The summed E-state index contributed by atoms with van der Waals surface area (Å²) in [4.78, 5) is 19.2. The van der Waals surface area contributed by atoms with Crippen LogP contribution in [-0.4, -0.2) is 29.6 Å². The van der Waals surface area contributed by atoms with Crippen LogP contribution in [0.15, 0.2) is 12.4 Å². The zero-order valence-corrected chi connectivity index (χ0v) is 10.6. The maximum absolute atomic E-state index is 10.9. The molecule has 0 aliphatic rings. The van der Waals surface area contributed by atoms with Gasteiger partial charge in [-0.25, -0.2) is 9.97 Å². The van der Waals surface area contributed by atoms with Crippen LogP contribution in [0.5, 0.6) is 0 Å². The van der Waals surface area contributed by atoms with Crippen molar-refractivity contribution in [1.29, 1.82) is 0 Å². The number of ether oxygens (including phenoxy) is 1. The molecule has 1 heterocycles. The van der Waals surface area contributed by atoms with Gasteiger partial charge < -0.3 is 10.1 Å². The Morgan fingerprint density at radius 3 is 2.59 bits per heavy atom. The van der Waals surface area contributed by atoms with E-state index < -0.39 is 0 Å². The van der Waals surface area contributed by atoms with Crippen molar-refractivity contribution in [2.24, 2.45) is 5.92 Å². The molecule has 0 aromatic carbocycles. The van der Waals surface area contributed by atoms with Gasteiger partial charge in [-0.1, -0.05) is 13.8 Å². The minimum absolute atomic E-state index is 0.242. The van der Waals surface area contributed by atoms with Crippen molar-refractivity contribution < 1.29 is 9.53 Å². The molecule has 0 spiro atoms. The van der Waals surface area contributed by atoms with Crippen molar-refractivity contribution in [1.82, 2.24) is 9.97 Å². The average molecular weight is 237 g/mol. The van der Waals surface area contributed by atoms with Gasteiger partial charge in [0, 0.05) is 18.9 Å². The molecule has 0 aliphatic heterocycles. The van der Waals surface area contributed by atoms with Crippen LogP contribution in [0, 0.1) is 5.92 Å². The van der Waals surface area contributed by atoms with Crippen molar-refractivity contribution in [2.75, 3.05) is 19.0 Å². The molecule has 0 saturated carbocycles. The number of hydrogen-bond donors (Lipinski definition) is 1. The third-order valence-electron chi connectivity index (χ3n) is 2.19. The molecule has 0 atom stereocenters.